The lowest BCUT2D eigenvalue weighted by Crippen LogP contribution is -2.16. The van der Waals surface area contributed by atoms with Crippen molar-refractivity contribution in [2.24, 2.45) is 0 Å². The number of benzene rings is 1. The molecule has 1 aliphatic carbocycles. The van der Waals surface area contributed by atoms with E-state index >= 15 is 0 Å². The van der Waals surface area contributed by atoms with E-state index in [2.05, 4.69) is 10.3 Å². The molecule has 0 atom stereocenters. The van der Waals surface area contributed by atoms with Crippen molar-refractivity contribution in [3.8, 4) is 11.6 Å². The predicted molar refractivity (Wildman–Crippen MR) is 75.3 cm³/mol. The summed E-state index contributed by atoms with van der Waals surface area (Å²) in [6.07, 6.45) is 4.11. The summed E-state index contributed by atoms with van der Waals surface area (Å²) in [6, 6.07) is 9.24. The largest absolute Gasteiger partial charge is 0.436 e. The van der Waals surface area contributed by atoms with Crippen LogP contribution in [0, 0.1) is 12.7 Å². The standard InChI is InChI=1S/C16H17FN2O/c1-11-4-7-14(17)15(9-11)20-16-12(3-2-8-18-16)10-19-13-5-6-13/h2-4,7-9,13,19H,5-6,10H2,1H3. The lowest BCUT2D eigenvalue weighted by Gasteiger charge is -2.11. The molecule has 0 aliphatic heterocycles. The summed E-state index contributed by atoms with van der Waals surface area (Å²) >= 11 is 0. The van der Waals surface area contributed by atoms with Gasteiger partial charge in [0, 0.05) is 24.3 Å². The molecule has 1 aromatic carbocycles. The molecule has 0 bridgehead atoms. The van der Waals surface area contributed by atoms with Crippen LogP contribution in [0.25, 0.3) is 0 Å². The van der Waals surface area contributed by atoms with Crippen molar-refractivity contribution in [2.75, 3.05) is 0 Å². The maximum atomic E-state index is 13.7. The van der Waals surface area contributed by atoms with E-state index in [1.54, 1.807) is 18.3 Å². The van der Waals surface area contributed by atoms with Gasteiger partial charge in [-0.3, -0.25) is 0 Å². The Balaban J connectivity index is 1.80. The average molecular weight is 272 g/mol. The number of nitrogens with one attached hydrogen (secondary N) is 1. The molecular formula is C16H17FN2O. The fourth-order valence-corrected chi connectivity index (χ4v) is 1.99. The quantitative estimate of drug-likeness (QED) is 0.903. The lowest BCUT2D eigenvalue weighted by molar-refractivity contribution is 0.420. The van der Waals surface area contributed by atoms with Crippen LogP contribution in [0.1, 0.15) is 24.0 Å². The molecule has 3 nitrogen and oxygen atoms in total. The minimum Gasteiger partial charge on any atom is -0.436 e. The van der Waals surface area contributed by atoms with Gasteiger partial charge < -0.3 is 10.1 Å². The Morgan fingerprint density at radius 1 is 1.35 bits per heavy atom. The summed E-state index contributed by atoms with van der Waals surface area (Å²) < 4.78 is 19.4. The van der Waals surface area contributed by atoms with Crippen molar-refractivity contribution in [2.45, 2.75) is 32.4 Å². The van der Waals surface area contributed by atoms with Crippen LogP contribution < -0.4 is 10.1 Å². The van der Waals surface area contributed by atoms with Gasteiger partial charge in [-0.1, -0.05) is 12.1 Å². The summed E-state index contributed by atoms with van der Waals surface area (Å²) in [4.78, 5) is 4.21. The number of rotatable bonds is 5. The Labute approximate surface area is 117 Å². The Morgan fingerprint density at radius 3 is 3.00 bits per heavy atom. The summed E-state index contributed by atoms with van der Waals surface area (Å²) in [5.74, 6) is 0.309. The van der Waals surface area contributed by atoms with Gasteiger partial charge in [0.15, 0.2) is 11.6 Å². The molecule has 3 rings (SSSR count). The number of pyridine rings is 1. The second-order valence-electron chi connectivity index (χ2n) is 5.16. The highest BCUT2D eigenvalue weighted by atomic mass is 19.1. The number of nitrogens with zero attached hydrogens (tertiary/aromatic N) is 1. The smallest absolute Gasteiger partial charge is 0.223 e. The third-order valence-electron chi connectivity index (χ3n) is 3.30. The summed E-state index contributed by atoms with van der Waals surface area (Å²) in [5.41, 5.74) is 1.90. The first-order valence-electron chi connectivity index (χ1n) is 6.83. The van der Waals surface area contributed by atoms with Crippen LogP contribution in [-0.2, 0) is 6.54 Å². The minimum atomic E-state index is -0.373. The van der Waals surface area contributed by atoms with Crippen LogP contribution in [0.15, 0.2) is 36.5 Å². The topological polar surface area (TPSA) is 34.1 Å². The van der Waals surface area contributed by atoms with Crippen molar-refractivity contribution < 1.29 is 9.13 Å². The van der Waals surface area contributed by atoms with E-state index < -0.39 is 0 Å². The molecule has 1 aromatic heterocycles. The number of hydrogen-bond acceptors (Lipinski definition) is 3. The number of aryl methyl sites for hydroxylation is 1. The number of hydrogen-bond donors (Lipinski definition) is 1. The highest BCUT2D eigenvalue weighted by molar-refractivity contribution is 5.35. The van der Waals surface area contributed by atoms with Crippen LogP contribution in [0.2, 0.25) is 0 Å². The van der Waals surface area contributed by atoms with Crippen molar-refractivity contribution in [3.63, 3.8) is 0 Å². The van der Waals surface area contributed by atoms with Crippen molar-refractivity contribution >= 4 is 0 Å². The molecule has 1 saturated carbocycles. The minimum absolute atomic E-state index is 0.219. The zero-order valence-electron chi connectivity index (χ0n) is 11.4. The maximum absolute atomic E-state index is 13.7. The molecule has 1 aliphatic rings. The van der Waals surface area contributed by atoms with Gasteiger partial charge in [-0.05, 0) is 43.5 Å². The van der Waals surface area contributed by atoms with Crippen LogP contribution in [0.3, 0.4) is 0 Å². The van der Waals surface area contributed by atoms with E-state index in [1.165, 1.54) is 18.9 Å². The van der Waals surface area contributed by atoms with E-state index in [4.69, 9.17) is 4.74 Å². The van der Waals surface area contributed by atoms with Crippen molar-refractivity contribution in [1.82, 2.24) is 10.3 Å². The van der Waals surface area contributed by atoms with Gasteiger partial charge in [0.2, 0.25) is 5.88 Å². The lowest BCUT2D eigenvalue weighted by atomic mass is 10.2. The zero-order valence-corrected chi connectivity index (χ0v) is 11.4. The second kappa shape index (κ2) is 5.59. The first-order valence-corrected chi connectivity index (χ1v) is 6.83. The Bertz CT molecular complexity index is 611. The van der Waals surface area contributed by atoms with Gasteiger partial charge in [-0.25, -0.2) is 9.37 Å². The molecular weight excluding hydrogens is 255 g/mol. The zero-order chi connectivity index (χ0) is 13.9. The van der Waals surface area contributed by atoms with Gasteiger partial charge in [0.25, 0.3) is 0 Å². The molecule has 0 spiro atoms. The average Bonchev–Trinajstić information content (AvgIpc) is 3.26. The van der Waals surface area contributed by atoms with Crippen LogP contribution in [0.5, 0.6) is 11.6 Å². The number of aromatic nitrogens is 1. The molecule has 0 unspecified atom stereocenters. The molecule has 20 heavy (non-hydrogen) atoms. The second-order valence-corrected chi connectivity index (χ2v) is 5.16. The number of halogens is 1. The van der Waals surface area contributed by atoms with E-state index in [9.17, 15) is 4.39 Å². The van der Waals surface area contributed by atoms with Crippen LogP contribution >= 0.6 is 0 Å². The van der Waals surface area contributed by atoms with E-state index in [0.717, 1.165) is 11.1 Å². The monoisotopic (exact) mass is 272 g/mol. The third-order valence-corrected chi connectivity index (χ3v) is 3.30. The maximum Gasteiger partial charge on any atom is 0.223 e. The summed E-state index contributed by atoms with van der Waals surface area (Å²) in [6.45, 7) is 2.60. The van der Waals surface area contributed by atoms with Gasteiger partial charge >= 0.3 is 0 Å². The summed E-state index contributed by atoms with van der Waals surface area (Å²) in [7, 11) is 0. The highest BCUT2D eigenvalue weighted by Gasteiger charge is 2.21. The van der Waals surface area contributed by atoms with E-state index in [-0.39, 0.29) is 11.6 Å². The van der Waals surface area contributed by atoms with E-state index in [0.29, 0.717) is 18.5 Å². The first-order chi connectivity index (χ1) is 9.72. The molecule has 1 N–H and O–H groups in total. The molecule has 2 aromatic rings. The van der Waals surface area contributed by atoms with Gasteiger partial charge in [-0.2, -0.15) is 0 Å². The molecule has 104 valence electrons. The third kappa shape index (κ3) is 3.14. The van der Waals surface area contributed by atoms with Crippen LogP contribution in [0.4, 0.5) is 4.39 Å². The highest BCUT2D eigenvalue weighted by Crippen LogP contribution is 2.27. The van der Waals surface area contributed by atoms with E-state index in [1.807, 2.05) is 19.1 Å². The molecule has 1 fully saturated rings. The fraction of sp³-hybridized carbons (Fsp3) is 0.312. The predicted octanol–water partition coefficient (Wildman–Crippen LogP) is 3.57. The molecule has 0 saturated heterocycles. The van der Waals surface area contributed by atoms with Gasteiger partial charge in [-0.15, -0.1) is 0 Å². The van der Waals surface area contributed by atoms with Crippen molar-refractivity contribution in [3.05, 3.63) is 53.5 Å². The van der Waals surface area contributed by atoms with Crippen LogP contribution in [-0.4, -0.2) is 11.0 Å². The number of ether oxygens (including phenoxy) is 1. The summed E-state index contributed by atoms with van der Waals surface area (Å²) in [5, 5.41) is 3.41. The molecule has 1 heterocycles. The Morgan fingerprint density at radius 2 is 2.20 bits per heavy atom. The fourth-order valence-electron chi connectivity index (χ4n) is 1.99. The van der Waals surface area contributed by atoms with Crippen molar-refractivity contribution in [1.29, 1.82) is 0 Å². The van der Waals surface area contributed by atoms with Gasteiger partial charge in [0.05, 0.1) is 0 Å². The normalized spacial score (nSPS) is 14.3. The Kier molecular flexibility index (Phi) is 3.65. The molecule has 4 heteroatoms. The Hall–Kier alpha value is -1.94. The SMILES string of the molecule is Cc1ccc(F)c(Oc2ncccc2CNC2CC2)c1. The molecule has 0 amide bonds. The molecule has 0 radical (unpaired) electrons. The van der Waals surface area contributed by atoms with Gasteiger partial charge in [0.1, 0.15) is 0 Å². The first kappa shape index (κ1) is 13.1.